The van der Waals surface area contributed by atoms with E-state index in [2.05, 4.69) is 10.9 Å². The highest BCUT2D eigenvalue weighted by molar-refractivity contribution is 5.73. The lowest BCUT2D eigenvalue weighted by atomic mass is 9.52. The number of hydrogen-bond donors (Lipinski definition) is 3. The Labute approximate surface area is 115 Å². The van der Waals surface area contributed by atoms with Crippen molar-refractivity contribution in [3.05, 3.63) is 0 Å². The molecule has 0 heterocycles. The summed E-state index contributed by atoms with van der Waals surface area (Å²) in [4.78, 5) is 11.0. The van der Waals surface area contributed by atoms with Crippen molar-refractivity contribution in [2.24, 2.45) is 29.6 Å². The van der Waals surface area contributed by atoms with Crippen molar-refractivity contribution >= 4 is 5.97 Å². The predicted octanol–water partition coefficient (Wildman–Crippen LogP) is 2.02. The lowest BCUT2D eigenvalue weighted by molar-refractivity contribution is -0.139. The van der Waals surface area contributed by atoms with Crippen LogP contribution in [0.3, 0.4) is 0 Å². The maximum atomic E-state index is 11.0. The van der Waals surface area contributed by atoms with Crippen molar-refractivity contribution in [1.82, 2.24) is 10.9 Å². The van der Waals surface area contributed by atoms with Gasteiger partial charge in [-0.3, -0.25) is 10.2 Å². The molecule has 4 saturated carbocycles. The molecule has 108 valence electrons. The molecule has 4 aliphatic carbocycles. The average Bonchev–Trinajstić information content (AvgIpc) is 2.36. The summed E-state index contributed by atoms with van der Waals surface area (Å²) in [6.45, 7) is 2.84. The summed E-state index contributed by atoms with van der Waals surface area (Å²) >= 11 is 0. The topological polar surface area (TPSA) is 61.4 Å². The second kappa shape index (κ2) is 5.41. The number of rotatable bonds is 6. The van der Waals surface area contributed by atoms with Crippen LogP contribution in [0.4, 0.5) is 0 Å². The van der Waals surface area contributed by atoms with E-state index >= 15 is 0 Å². The van der Waals surface area contributed by atoms with Gasteiger partial charge in [-0.25, -0.2) is 5.43 Å². The van der Waals surface area contributed by atoms with Crippen LogP contribution in [-0.2, 0) is 4.79 Å². The number of aliphatic carboxylic acids is 1. The van der Waals surface area contributed by atoms with E-state index in [0.717, 1.165) is 36.1 Å². The summed E-state index contributed by atoms with van der Waals surface area (Å²) in [5.74, 6) is 3.82. The standard InChI is InChI=1S/C15H26N2O2/c1-2-14(15(18)19)17-16-8-13-11-4-9-3-10(6-11)7-12(13)5-9/h9-14,16-17H,2-8H2,1H3,(H,18,19). The Morgan fingerprint density at radius 2 is 1.74 bits per heavy atom. The van der Waals surface area contributed by atoms with Gasteiger partial charge in [-0.15, -0.1) is 0 Å². The van der Waals surface area contributed by atoms with Gasteiger partial charge in [0.1, 0.15) is 6.04 Å². The minimum Gasteiger partial charge on any atom is -0.480 e. The summed E-state index contributed by atoms with van der Waals surface area (Å²) in [5, 5.41) is 9.01. The summed E-state index contributed by atoms with van der Waals surface area (Å²) in [7, 11) is 0. The zero-order valence-corrected chi connectivity index (χ0v) is 11.8. The molecule has 0 spiro atoms. The maximum Gasteiger partial charge on any atom is 0.322 e. The van der Waals surface area contributed by atoms with Gasteiger partial charge in [-0.2, -0.15) is 0 Å². The van der Waals surface area contributed by atoms with Crippen molar-refractivity contribution in [2.45, 2.75) is 51.5 Å². The Morgan fingerprint density at radius 3 is 2.21 bits per heavy atom. The van der Waals surface area contributed by atoms with Gasteiger partial charge in [-0.1, -0.05) is 6.92 Å². The van der Waals surface area contributed by atoms with Crippen molar-refractivity contribution in [1.29, 1.82) is 0 Å². The molecule has 4 aliphatic rings. The van der Waals surface area contributed by atoms with E-state index in [9.17, 15) is 4.79 Å². The van der Waals surface area contributed by atoms with Gasteiger partial charge in [0.05, 0.1) is 0 Å². The molecule has 4 rings (SSSR count). The molecule has 4 bridgehead atoms. The molecule has 1 unspecified atom stereocenters. The van der Waals surface area contributed by atoms with Crippen molar-refractivity contribution in [3.63, 3.8) is 0 Å². The number of carbonyl (C=O) groups is 1. The SMILES string of the molecule is CCC(NNCC1C2CC3CC(C2)CC1C3)C(=O)O. The van der Waals surface area contributed by atoms with Crippen molar-refractivity contribution < 1.29 is 9.90 Å². The fourth-order valence-electron chi connectivity index (χ4n) is 5.01. The Kier molecular flexibility index (Phi) is 3.81. The van der Waals surface area contributed by atoms with Gasteiger partial charge in [-0.05, 0) is 68.1 Å². The van der Waals surface area contributed by atoms with Crippen LogP contribution in [0, 0.1) is 29.6 Å². The Bertz CT molecular complexity index is 317. The third kappa shape index (κ3) is 2.65. The van der Waals surface area contributed by atoms with Gasteiger partial charge in [0.2, 0.25) is 0 Å². The lowest BCUT2D eigenvalue weighted by Crippen LogP contribution is -2.52. The van der Waals surface area contributed by atoms with Gasteiger partial charge >= 0.3 is 5.97 Å². The smallest absolute Gasteiger partial charge is 0.322 e. The molecular formula is C15H26N2O2. The first-order valence-corrected chi connectivity index (χ1v) is 7.88. The van der Waals surface area contributed by atoms with Gasteiger partial charge < -0.3 is 5.11 Å². The van der Waals surface area contributed by atoms with Crippen LogP contribution in [-0.4, -0.2) is 23.7 Å². The number of nitrogens with one attached hydrogen (secondary N) is 2. The number of hydrogen-bond acceptors (Lipinski definition) is 3. The normalized spacial score (nSPS) is 41.4. The molecule has 0 saturated heterocycles. The molecule has 1 atom stereocenters. The zero-order valence-electron chi connectivity index (χ0n) is 11.8. The third-order valence-electron chi connectivity index (χ3n) is 5.74. The molecule has 4 heteroatoms. The Hall–Kier alpha value is -0.610. The second-order valence-corrected chi connectivity index (χ2v) is 6.92. The highest BCUT2D eigenvalue weighted by Crippen LogP contribution is 2.56. The molecule has 4 fully saturated rings. The molecule has 0 aromatic rings. The molecule has 4 nitrogen and oxygen atoms in total. The van der Waals surface area contributed by atoms with E-state index in [4.69, 9.17) is 5.11 Å². The summed E-state index contributed by atoms with van der Waals surface area (Å²) in [6.07, 6.45) is 7.81. The molecule has 0 aliphatic heterocycles. The van der Waals surface area contributed by atoms with E-state index in [0.29, 0.717) is 6.42 Å². The van der Waals surface area contributed by atoms with Gasteiger partial charge in [0.25, 0.3) is 0 Å². The van der Waals surface area contributed by atoms with Gasteiger partial charge in [0.15, 0.2) is 0 Å². The Morgan fingerprint density at radius 1 is 1.16 bits per heavy atom. The number of carboxylic acid groups (broad SMARTS) is 1. The largest absolute Gasteiger partial charge is 0.480 e. The fraction of sp³-hybridized carbons (Fsp3) is 0.933. The van der Waals surface area contributed by atoms with E-state index < -0.39 is 12.0 Å². The first-order valence-electron chi connectivity index (χ1n) is 7.88. The molecule has 0 aromatic carbocycles. The second-order valence-electron chi connectivity index (χ2n) is 6.92. The maximum absolute atomic E-state index is 11.0. The minimum atomic E-state index is -0.764. The van der Waals surface area contributed by atoms with E-state index in [1.165, 1.54) is 32.1 Å². The summed E-state index contributed by atoms with van der Waals surface area (Å²) < 4.78 is 0. The predicted molar refractivity (Wildman–Crippen MR) is 73.4 cm³/mol. The molecule has 19 heavy (non-hydrogen) atoms. The number of hydrazine groups is 1. The van der Waals surface area contributed by atoms with E-state index in [1.807, 2.05) is 6.92 Å². The monoisotopic (exact) mass is 266 g/mol. The minimum absolute atomic E-state index is 0.461. The molecular weight excluding hydrogens is 240 g/mol. The van der Waals surface area contributed by atoms with Crippen LogP contribution in [0.25, 0.3) is 0 Å². The first-order chi connectivity index (χ1) is 9.17. The highest BCUT2D eigenvalue weighted by atomic mass is 16.4. The van der Waals surface area contributed by atoms with Crippen LogP contribution < -0.4 is 10.9 Å². The van der Waals surface area contributed by atoms with E-state index in [-0.39, 0.29) is 0 Å². The molecule has 0 radical (unpaired) electrons. The molecule has 3 N–H and O–H groups in total. The zero-order chi connectivity index (χ0) is 13.4. The fourth-order valence-corrected chi connectivity index (χ4v) is 5.01. The first kappa shape index (κ1) is 13.4. The summed E-state index contributed by atoms with van der Waals surface area (Å²) in [6, 6.07) is -0.461. The van der Waals surface area contributed by atoms with E-state index in [1.54, 1.807) is 0 Å². The van der Waals surface area contributed by atoms with Crippen molar-refractivity contribution in [3.8, 4) is 0 Å². The lowest BCUT2D eigenvalue weighted by Gasteiger charge is -2.54. The molecule has 0 amide bonds. The third-order valence-corrected chi connectivity index (χ3v) is 5.74. The summed E-state index contributed by atoms with van der Waals surface area (Å²) in [5.41, 5.74) is 6.19. The molecule has 0 aromatic heterocycles. The quantitative estimate of drug-likeness (QED) is 0.644. The van der Waals surface area contributed by atoms with Gasteiger partial charge in [0, 0.05) is 6.54 Å². The van der Waals surface area contributed by atoms with Crippen molar-refractivity contribution in [2.75, 3.05) is 6.54 Å². The Balaban J connectivity index is 1.49. The average molecular weight is 266 g/mol. The highest BCUT2D eigenvalue weighted by Gasteiger charge is 2.47. The number of carboxylic acids is 1. The van der Waals surface area contributed by atoms with Crippen LogP contribution in [0.5, 0.6) is 0 Å². The van der Waals surface area contributed by atoms with Crippen LogP contribution >= 0.6 is 0 Å². The van der Waals surface area contributed by atoms with Crippen LogP contribution in [0.15, 0.2) is 0 Å². The van der Waals surface area contributed by atoms with Crippen LogP contribution in [0.2, 0.25) is 0 Å². The van der Waals surface area contributed by atoms with Crippen LogP contribution in [0.1, 0.15) is 45.4 Å².